The topological polar surface area (TPSA) is 53.5 Å². The molecule has 0 fully saturated rings. The minimum absolute atomic E-state index is 0.145. The maximum Gasteiger partial charge on any atom is 0.221 e. The third-order valence-corrected chi connectivity index (χ3v) is 1.96. The fraction of sp³-hybridized carbons (Fsp3) is 0.200. The van der Waals surface area contributed by atoms with Crippen LogP contribution in [0.25, 0.3) is 0 Å². The molecular formula is C10H12ClN3O. The van der Waals surface area contributed by atoms with Crippen molar-refractivity contribution < 1.29 is 4.79 Å². The number of nitrogens with zero attached hydrogens (tertiary/aromatic N) is 1. The number of carbonyl (C=O) groups is 1. The Morgan fingerprint density at radius 3 is 2.80 bits per heavy atom. The number of carbonyl (C=O) groups excluding carboxylic acids is 1. The van der Waals surface area contributed by atoms with E-state index >= 15 is 0 Å². The number of halogens is 1. The lowest BCUT2D eigenvalue weighted by Crippen LogP contribution is -2.06. The predicted octanol–water partition coefficient (Wildman–Crippen LogP) is 1.85. The first-order chi connectivity index (χ1) is 7.13. The molecule has 0 aliphatic rings. The van der Waals surface area contributed by atoms with Crippen molar-refractivity contribution >= 4 is 29.4 Å². The Bertz CT molecular complexity index is 390. The van der Waals surface area contributed by atoms with Crippen LogP contribution in [-0.4, -0.2) is 19.2 Å². The van der Waals surface area contributed by atoms with Gasteiger partial charge < -0.3 is 10.7 Å². The van der Waals surface area contributed by atoms with Gasteiger partial charge in [0.15, 0.2) is 0 Å². The van der Waals surface area contributed by atoms with E-state index in [1.54, 1.807) is 25.4 Å². The highest BCUT2D eigenvalue weighted by Gasteiger charge is 2.01. The van der Waals surface area contributed by atoms with Crippen LogP contribution in [0, 0.1) is 0 Å². The number of anilines is 1. The lowest BCUT2D eigenvalue weighted by atomic mass is 10.2. The molecule has 0 spiro atoms. The molecule has 0 aliphatic heterocycles. The van der Waals surface area contributed by atoms with Crippen molar-refractivity contribution in [2.75, 3.05) is 12.4 Å². The molecule has 2 N–H and O–H groups in total. The van der Waals surface area contributed by atoms with Crippen LogP contribution in [0.2, 0.25) is 5.02 Å². The fourth-order valence-corrected chi connectivity index (χ4v) is 1.28. The van der Waals surface area contributed by atoms with Crippen molar-refractivity contribution in [1.82, 2.24) is 5.43 Å². The molecule has 1 amide bonds. The zero-order valence-corrected chi connectivity index (χ0v) is 9.30. The van der Waals surface area contributed by atoms with Gasteiger partial charge in [0.1, 0.15) is 0 Å². The lowest BCUT2D eigenvalue weighted by molar-refractivity contribution is -0.114. The van der Waals surface area contributed by atoms with Crippen LogP contribution in [0.5, 0.6) is 0 Å². The van der Waals surface area contributed by atoms with E-state index in [1.807, 2.05) is 6.07 Å². The summed E-state index contributed by atoms with van der Waals surface area (Å²) in [7, 11) is 1.71. The maximum absolute atomic E-state index is 10.8. The minimum Gasteiger partial charge on any atom is -0.325 e. The second kappa shape index (κ2) is 5.36. The standard InChI is InChI=1S/C10H12ClN3O/c1-7(15)14-10-4-3-8(5-9(10)11)6-13-12-2/h3-6,12H,1-2H3,(H,14,15)/b13-6+. The SMILES string of the molecule is CN/N=C/c1ccc(NC(C)=O)c(Cl)c1. The number of nitrogens with one attached hydrogen (secondary N) is 2. The maximum atomic E-state index is 10.8. The van der Waals surface area contributed by atoms with Gasteiger partial charge in [-0.05, 0) is 17.7 Å². The molecule has 0 heterocycles. The summed E-state index contributed by atoms with van der Waals surface area (Å²) in [5, 5.41) is 6.97. The summed E-state index contributed by atoms with van der Waals surface area (Å²) in [4.78, 5) is 10.8. The van der Waals surface area contributed by atoms with Gasteiger partial charge in [0.05, 0.1) is 16.9 Å². The molecule has 1 aromatic rings. The highest BCUT2D eigenvalue weighted by Crippen LogP contribution is 2.22. The normalized spacial score (nSPS) is 10.3. The Morgan fingerprint density at radius 1 is 1.53 bits per heavy atom. The molecule has 4 nitrogen and oxygen atoms in total. The van der Waals surface area contributed by atoms with Gasteiger partial charge in [-0.3, -0.25) is 4.79 Å². The number of amides is 1. The largest absolute Gasteiger partial charge is 0.325 e. The number of rotatable bonds is 3. The second-order valence-corrected chi connectivity index (χ2v) is 3.31. The molecule has 0 saturated carbocycles. The highest BCUT2D eigenvalue weighted by molar-refractivity contribution is 6.34. The van der Waals surface area contributed by atoms with E-state index in [4.69, 9.17) is 11.6 Å². The van der Waals surface area contributed by atoms with E-state index in [0.717, 1.165) is 5.56 Å². The number of hydrogen-bond donors (Lipinski definition) is 2. The van der Waals surface area contributed by atoms with E-state index in [1.165, 1.54) is 6.92 Å². The predicted molar refractivity (Wildman–Crippen MR) is 62.4 cm³/mol. The number of benzene rings is 1. The Hall–Kier alpha value is -1.55. The third kappa shape index (κ3) is 3.59. The quantitative estimate of drug-likeness (QED) is 0.609. The summed E-state index contributed by atoms with van der Waals surface area (Å²) >= 11 is 5.96. The molecule has 0 unspecified atom stereocenters. The zero-order chi connectivity index (χ0) is 11.3. The molecule has 0 radical (unpaired) electrons. The van der Waals surface area contributed by atoms with E-state index < -0.39 is 0 Å². The van der Waals surface area contributed by atoms with Crippen molar-refractivity contribution in [2.24, 2.45) is 5.10 Å². The summed E-state index contributed by atoms with van der Waals surface area (Å²) in [6.45, 7) is 1.44. The molecule has 1 aromatic carbocycles. The van der Waals surface area contributed by atoms with E-state index in [0.29, 0.717) is 10.7 Å². The highest BCUT2D eigenvalue weighted by atomic mass is 35.5. The average Bonchev–Trinajstić information content (AvgIpc) is 2.18. The zero-order valence-electron chi connectivity index (χ0n) is 8.54. The molecule has 0 aromatic heterocycles. The fourth-order valence-electron chi connectivity index (χ4n) is 1.04. The Balaban J connectivity index is 2.87. The van der Waals surface area contributed by atoms with E-state index in [9.17, 15) is 4.79 Å². The van der Waals surface area contributed by atoms with Crippen LogP contribution in [0.4, 0.5) is 5.69 Å². The Labute approximate surface area is 93.3 Å². The second-order valence-electron chi connectivity index (χ2n) is 2.90. The van der Waals surface area contributed by atoms with Gasteiger partial charge >= 0.3 is 0 Å². The molecule has 15 heavy (non-hydrogen) atoms. The van der Waals surface area contributed by atoms with Crippen LogP contribution in [0.15, 0.2) is 23.3 Å². The first kappa shape index (κ1) is 11.5. The van der Waals surface area contributed by atoms with Gasteiger partial charge in [-0.25, -0.2) is 0 Å². The molecule has 1 rings (SSSR count). The summed E-state index contributed by atoms with van der Waals surface area (Å²) < 4.78 is 0. The van der Waals surface area contributed by atoms with Crippen LogP contribution in [-0.2, 0) is 4.79 Å². The first-order valence-electron chi connectivity index (χ1n) is 4.40. The van der Waals surface area contributed by atoms with Crippen LogP contribution in [0.1, 0.15) is 12.5 Å². The molecule has 80 valence electrons. The van der Waals surface area contributed by atoms with Gasteiger partial charge in [0.25, 0.3) is 0 Å². The lowest BCUT2D eigenvalue weighted by Gasteiger charge is -2.04. The monoisotopic (exact) mass is 225 g/mol. The van der Waals surface area contributed by atoms with Crippen molar-refractivity contribution in [3.05, 3.63) is 28.8 Å². The number of hydrogen-bond acceptors (Lipinski definition) is 3. The van der Waals surface area contributed by atoms with Gasteiger partial charge in [-0.15, -0.1) is 0 Å². The molecular weight excluding hydrogens is 214 g/mol. The smallest absolute Gasteiger partial charge is 0.221 e. The minimum atomic E-state index is -0.145. The first-order valence-corrected chi connectivity index (χ1v) is 4.78. The van der Waals surface area contributed by atoms with Crippen molar-refractivity contribution in [3.8, 4) is 0 Å². The summed E-state index contributed by atoms with van der Waals surface area (Å²) in [6.07, 6.45) is 1.64. The van der Waals surface area contributed by atoms with Crippen molar-refractivity contribution in [2.45, 2.75) is 6.92 Å². The van der Waals surface area contributed by atoms with Gasteiger partial charge in [-0.2, -0.15) is 5.10 Å². The van der Waals surface area contributed by atoms with E-state index in [-0.39, 0.29) is 5.91 Å². The third-order valence-electron chi connectivity index (χ3n) is 1.65. The average molecular weight is 226 g/mol. The summed E-state index contributed by atoms with van der Waals surface area (Å²) in [5.74, 6) is -0.145. The molecule has 0 aliphatic carbocycles. The van der Waals surface area contributed by atoms with Gasteiger partial charge in [-0.1, -0.05) is 17.7 Å². The molecule has 5 heteroatoms. The van der Waals surface area contributed by atoms with Crippen LogP contribution >= 0.6 is 11.6 Å². The summed E-state index contributed by atoms with van der Waals surface area (Å²) in [5.41, 5.74) is 4.11. The van der Waals surface area contributed by atoms with Crippen molar-refractivity contribution in [3.63, 3.8) is 0 Å². The number of hydrazone groups is 1. The van der Waals surface area contributed by atoms with Crippen LogP contribution < -0.4 is 10.7 Å². The van der Waals surface area contributed by atoms with Gasteiger partial charge in [0.2, 0.25) is 5.91 Å². The molecule has 0 atom stereocenters. The van der Waals surface area contributed by atoms with Gasteiger partial charge in [0, 0.05) is 14.0 Å². The Morgan fingerprint density at radius 2 is 2.27 bits per heavy atom. The van der Waals surface area contributed by atoms with Crippen molar-refractivity contribution in [1.29, 1.82) is 0 Å². The Kier molecular flexibility index (Phi) is 4.12. The van der Waals surface area contributed by atoms with E-state index in [2.05, 4.69) is 15.8 Å². The molecule has 0 bridgehead atoms. The summed E-state index contributed by atoms with van der Waals surface area (Å²) in [6, 6.07) is 5.28. The van der Waals surface area contributed by atoms with Crippen LogP contribution in [0.3, 0.4) is 0 Å². The molecule has 0 saturated heterocycles.